The topological polar surface area (TPSA) is 329 Å². The lowest BCUT2D eigenvalue weighted by Crippen LogP contribution is -2.40. The van der Waals surface area contributed by atoms with Crippen molar-refractivity contribution in [3.8, 4) is 69.1 Å². The molecule has 0 bridgehead atoms. The molecule has 0 radical (unpaired) electrons. The first-order valence-corrected chi connectivity index (χ1v) is 48.4. The molecule has 4 aliphatic rings. The minimum absolute atomic E-state index is 0.214. The molecule has 0 unspecified atom stereocenters. The molecule has 16 aromatic rings. The monoisotopic (exact) mass is 1960 g/mol. The number of ether oxygens (including phenoxy) is 4. The van der Waals surface area contributed by atoms with Crippen LogP contribution in [0.15, 0.2) is 197 Å². The lowest BCUT2D eigenvalue weighted by molar-refractivity contribution is 0.0598. The third-order valence-electron chi connectivity index (χ3n) is 25.5. The number of benzene rings is 8. The number of aliphatic hydroxyl groups is 4. The first-order chi connectivity index (χ1) is 65.4. The third-order valence-corrected chi connectivity index (χ3v) is 28.0. The van der Waals surface area contributed by atoms with Gasteiger partial charge in [-0.15, -0.1) is 20.4 Å². The van der Waals surface area contributed by atoms with Gasteiger partial charge in [-0.2, -0.15) is 5.10 Å². The van der Waals surface area contributed by atoms with Gasteiger partial charge in [-0.3, -0.25) is 5.10 Å². The van der Waals surface area contributed by atoms with E-state index in [1.807, 2.05) is 172 Å². The lowest BCUT2D eigenvalue weighted by Gasteiger charge is -2.33. The number of hydrogen-bond acceptors (Lipinski definition) is 20. The number of aliphatic hydroxyl groups excluding tert-OH is 4. The fourth-order valence-electron chi connectivity index (χ4n) is 18.4. The molecule has 8 aromatic heterocycles. The Morgan fingerprint density at radius 3 is 0.978 bits per heavy atom. The highest BCUT2D eigenvalue weighted by Crippen LogP contribution is 2.41. The van der Waals surface area contributed by atoms with Crippen LogP contribution in [0.1, 0.15) is 120 Å². The Kier molecular flexibility index (Phi) is 31.9. The largest absolute Gasteiger partial charge is 0.490 e. The molecule has 0 aliphatic carbocycles. The highest BCUT2D eigenvalue weighted by atomic mass is 35.5. The van der Waals surface area contributed by atoms with Crippen molar-refractivity contribution in [2.24, 2.45) is 0 Å². The average Bonchev–Trinajstić information content (AvgIpc) is 1.66. The molecule has 20 rings (SSSR count). The molecule has 4 fully saturated rings. The number of likely N-dealkylation sites (tertiary alicyclic amines) is 4. The highest BCUT2D eigenvalue weighted by molar-refractivity contribution is 6.43. The summed E-state index contributed by atoms with van der Waals surface area (Å²) in [6.07, 6.45) is 7.84. The molecule has 135 heavy (non-hydrogen) atoms. The number of rotatable bonds is 28. The van der Waals surface area contributed by atoms with Crippen LogP contribution in [0, 0.1) is 27.7 Å². The van der Waals surface area contributed by atoms with Crippen molar-refractivity contribution in [3.05, 3.63) is 269 Å². The van der Waals surface area contributed by atoms with Gasteiger partial charge >= 0.3 is 0 Å². The van der Waals surface area contributed by atoms with E-state index in [1.54, 1.807) is 13.8 Å². The maximum absolute atomic E-state index is 10.6. The number of halogens is 7. The van der Waals surface area contributed by atoms with Gasteiger partial charge < -0.3 is 92.7 Å². The standard InChI is InChI=1S/2C26H28Cl2N4O2.C25H26Cl2N4O3.C25H27ClN4O3/c1-16-13-29-26(30-16)24-12-20-23(31-24)3-2-4-25(20)34-15-19(33)14-32-9-7-17(8-10-32)18-5-6-21(27)22(28)11-18;1-16-11-25(31-30-16)24-13-20-23(29-24)3-2-4-26(20)34-15-19(33)14-32-9-7-17(8-10-32)18-5-6-21(27)22(28)12-18;1-15-29-30-25(34-15)23-12-19-22(28-23)3-2-4-24(19)33-14-18(32)13-31-9-7-16(8-10-31)17-5-6-20(26)21(27)11-17;1-16-28-29-25(33-16)23-13-21-22(27-23)3-2-4-24(21)32-15-20(31)14-30-11-9-18(10-12-30)17-5-7-19(26)8-6-17/h2-6,11-13,17,19,31,33H,7-10,14-15H2,1H3,(H,29,30);2-6,11-13,17,19,29,33H,7-10,14-15H2,1H3,(H,30,31);2-6,11-12,16,18,28,32H,7-10,13-14H2,1H3;2-8,13,18,20,27,31H,9-12,14-15H2,1H3/t2*19-;18-;20-/m0000/s1. The van der Waals surface area contributed by atoms with E-state index < -0.39 is 24.4 Å². The van der Waals surface area contributed by atoms with Crippen LogP contribution in [0.5, 0.6) is 23.0 Å². The molecule has 4 aliphatic heterocycles. The maximum atomic E-state index is 10.6. The van der Waals surface area contributed by atoms with Crippen LogP contribution in [0.3, 0.4) is 0 Å². The van der Waals surface area contributed by atoms with E-state index in [0.29, 0.717) is 115 Å². The molecule has 0 amide bonds. The quantitative estimate of drug-likeness (QED) is 0.0218. The van der Waals surface area contributed by atoms with Crippen molar-refractivity contribution in [1.29, 1.82) is 0 Å². The summed E-state index contributed by atoms with van der Waals surface area (Å²) in [6.45, 7) is 18.3. The van der Waals surface area contributed by atoms with E-state index in [0.717, 1.165) is 210 Å². The summed E-state index contributed by atoms with van der Waals surface area (Å²) < 4.78 is 35.1. The van der Waals surface area contributed by atoms with E-state index >= 15 is 0 Å². The summed E-state index contributed by atoms with van der Waals surface area (Å²) in [5.41, 5.74) is 15.0. The normalized spacial score (nSPS) is 16.3. The molecular weight excluding hydrogens is 1860 g/mol. The van der Waals surface area contributed by atoms with E-state index in [4.69, 9.17) is 109 Å². The predicted molar refractivity (Wildman–Crippen MR) is 534 cm³/mol. The third kappa shape index (κ3) is 24.9. The summed E-state index contributed by atoms with van der Waals surface area (Å²) >= 11 is 42.7. The number of piperidine rings is 4. The van der Waals surface area contributed by atoms with Crippen molar-refractivity contribution in [1.82, 2.24) is 80.1 Å². The number of aromatic amines is 6. The number of imidazole rings is 1. The lowest BCUT2D eigenvalue weighted by atomic mass is 9.89. The van der Waals surface area contributed by atoms with E-state index in [-0.39, 0.29) is 26.4 Å². The van der Waals surface area contributed by atoms with Crippen molar-refractivity contribution in [2.75, 3.05) is 105 Å². The summed E-state index contributed by atoms with van der Waals surface area (Å²) in [4.78, 5) is 30.2. The molecule has 4 saturated heterocycles. The Bertz CT molecular complexity index is 6150. The number of H-pyrrole nitrogens is 6. The Morgan fingerprint density at radius 2 is 0.667 bits per heavy atom. The zero-order valence-electron chi connectivity index (χ0n) is 75.3. The molecule has 0 spiro atoms. The number of aryl methyl sites for hydroxylation is 4. The predicted octanol–water partition coefficient (Wildman–Crippen LogP) is 21.8. The molecule has 706 valence electrons. The van der Waals surface area contributed by atoms with Gasteiger partial charge in [-0.1, -0.05) is 136 Å². The second-order valence-electron chi connectivity index (χ2n) is 35.4. The number of fused-ring (bicyclic) bond motifs is 4. The molecule has 12 heterocycles. The second kappa shape index (κ2) is 44.8. The van der Waals surface area contributed by atoms with Gasteiger partial charge in [0.05, 0.1) is 41.5 Å². The van der Waals surface area contributed by atoms with Gasteiger partial charge in [0.15, 0.2) is 5.82 Å². The van der Waals surface area contributed by atoms with Crippen molar-refractivity contribution in [2.45, 2.75) is 127 Å². The summed E-state index contributed by atoms with van der Waals surface area (Å²) in [5.74, 6) is 7.57. The maximum Gasteiger partial charge on any atom is 0.264 e. The average molecular weight is 1970 g/mol. The first-order valence-electron chi connectivity index (χ1n) is 45.8. The molecule has 33 heteroatoms. The first kappa shape index (κ1) is 96.2. The summed E-state index contributed by atoms with van der Waals surface area (Å²) in [5, 5.41) is 73.9. The second-order valence-corrected chi connectivity index (χ2v) is 38.3. The molecule has 4 atom stereocenters. The van der Waals surface area contributed by atoms with Crippen LogP contribution in [-0.4, -0.2) is 230 Å². The van der Waals surface area contributed by atoms with Gasteiger partial charge in [-0.25, -0.2) is 4.98 Å². The Labute approximate surface area is 817 Å². The van der Waals surface area contributed by atoms with Crippen LogP contribution in [0.25, 0.3) is 89.7 Å². The van der Waals surface area contributed by atoms with Crippen molar-refractivity contribution >= 4 is 125 Å². The number of hydrogen-bond donors (Lipinski definition) is 10. The number of β-amino-alcohol motifs (C(OH)–C–C–N with tert-alkyl or cyclic N) is 4. The SMILES string of the molecule is Cc1cc(-c2cc3c(OC[C@@H](O)CN4CCC(c5ccc(Cl)c(Cl)c5)CC4)cccc3[nH]2)n[nH]1.Cc1cnc(-c2cc3c(OC[C@@H](O)CN4CCC(c5ccc(Cl)c(Cl)c5)CC4)cccc3[nH]2)[nH]1.Cc1nnc(-c2cc3c(OC[C@@H](O)CN4CCC(c5ccc(Cl)c(Cl)c5)CC4)cccc3[nH]2)o1.Cc1nnc(-c2cc3c(OC[C@@H](O)CN4CCC(c5ccc(Cl)cc5)CC4)cccc3[nH]2)o1. The van der Waals surface area contributed by atoms with Gasteiger partial charge in [0.25, 0.3) is 11.8 Å². The molecule has 0 saturated carbocycles. The molecule has 10 N–H and O–H groups in total. The minimum atomic E-state index is -0.589. The van der Waals surface area contributed by atoms with E-state index in [1.165, 1.54) is 22.3 Å². The fourth-order valence-corrected chi connectivity index (χ4v) is 19.4. The van der Waals surface area contributed by atoms with Crippen LogP contribution in [0.2, 0.25) is 35.2 Å². The number of nitrogens with zero attached hydrogens (tertiary/aromatic N) is 10. The Balaban J connectivity index is 0.000000125. The van der Waals surface area contributed by atoms with Crippen molar-refractivity contribution in [3.63, 3.8) is 0 Å². The van der Waals surface area contributed by atoms with Crippen LogP contribution >= 0.6 is 81.2 Å². The highest BCUT2D eigenvalue weighted by Gasteiger charge is 2.30. The number of nitrogens with one attached hydrogen (secondary N) is 6. The Morgan fingerprint density at radius 1 is 0.348 bits per heavy atom. The summed E-state index contributed by atoms with van der Waals surface area (Å²) in [7, 11) is 0. The Hall–Kier alpha value is -10.5. The molecule has 8 aromatic carbocycles. The fraction of sp³-hybridized carbons (Fsp3) is 0.353. The van der Waals surface area contributed by atoms with Gasteiger partial charge in [0.1, 0.15) is 90.9 Å². The zero-order valence-corrected chi connectivity index (χ0v) is 80.6. The van der Waals surface area contributed by atoms with Crippen LogP contribution in [-0.2, 0) is 0 Å². The summed E-state index contributed by atoms with van der Waals surface area (Å²) in [6, 6.07) is 59.2. The van der Waals surface area contributed by atoms with Crippen LogP contribution in [0.4, 0.5) is 0 Å². The zero-order chi connectivity index (χ0) is 93.8. The van der Waals surface area contributed by atoms with Gasteiger partial charge in [0, 0.05) is 106 Å². The van der Waals surface area contributed by atoms with Gasteiger partial charge in [0.2, 0.25) is 11.8 Å². The smallest absolute Gasteiger partial charge is 0.264 e. The van der Waals surface area contributed by atoms with E-state index in [2.05, 4.69) is 110 Å². The number of aromatic nitrogens is 12. The molecular formula is C102H109Cl7N16O10. The van der Waals surface area contributed by atoms with Crippen LogP contribution < -0.4 is 18.9 Å². The molecule has 26 nitrogen and oxygen atoms in total. The van der Waals surface area contributed by atoms with E-state index in [9.17, 15) is 20.4 Å². The minimum Gasteiger partial charge on any atom is -0.490 e. The van der Waals surface area contributed by atoms with Crippen molar-refractivity contribution < 1.29 is 48.2 Å². The van der Waals surface area contributed by atoms with Gasteiger partial charge in [-0.05, 0) is 291 Å².